The normalized spacial score (nSPS) is 12.7. The summed E-state index contributed by atoms with van der Waals surface area (Å²) in [6.07, 6.45) is 23.1. The van der Waals surface area contributed by atoms with E-state index in [2.05, 4.69) is 25.0 Å². The molecule has 2 aromatic carbocycles. The molecular weight excluding hydrogens is 610 g/mol. The van der Waals surface area contributed by atoms with Crippen LogP contribution in [0.25, 0.3) is 11.4 Å². The van der Waals surface area contributed by atoms with Gasteiger partial charge in [-0.15, -0.1) is 0 Å². The molecule has 0 bridgehead atoms. The van der Waals surface area contributed by atoms with Crippen molar-refractivity contribution in [3.63, 3.8) is 0 Å². The van der Waals surface area contributed by atoms with E-state index in [1.165, 1.54) is 61.6 Å². The van der Waals surface area contributed by atoms with E-state index in [0.29, 0.717) is 35.3 Å². The standard InChI is InChI=1S/C41H55N5O3/c1-4-6-8-10-12-15-19-33-25-26-36(41(48)49-37-27-28-43-44(37)3)38(35(33)22-18-13-11-9-7-5-2)40(47)46(31-32-23-24-32)45-30-29-42-39(45)34-20-16-14-17-21-34/h14,16-17,20-21,25-30,32H,4-13,15,18-19,22-24,31H2,1-3H3. The van der Waals surface area contributed by atoms with Crippen molar-refractivity contribution in [1.29, 1.82) is 0 Å². The first-order valence-corrected chi connectivity index (χ1v) is 18.8. The van der Waals surface area contributed by atoms with Gasteiger partial charge in [0.25, 0.3) is 5.91 Å². The third kappa shape index (κ3) is 9.93. The first-order chi connectivity index (χ1) is 24.0. The molecule has 4 aromatic rings. The summed E-state index contributed by atoms with van der Waals surface area (Å²) in [7, 11) is 1.74. The Labute approximate surface area is 292 Å². The highest BCUT2D eigenvalue weighted by molar-refractivity contribution is 6.11. The fraction of sp³-hybridized carbons (Fsp3) is 0.512. The number of aryl methyl sites for hydroxylation is 2. The van der Waals surface area contributed by atoms with Crippen LogP contribution in [0.15, 0.2) is 67.1 Å². The summed E-state index contributed by atoms with van der Waals surface area (Å²) in [6, 6.07) is 15.5. The highest BCUT2D eigenvalue weighted by Gasteiger charge is 2.34. The van der Waals surface area contributed by atoms with Gasteiger partial charge in [-0.1, -0.05) is 114 Å². The summed E-state index contributed by atoms with van der Waals surface area (Å²) in [5.74, 6) is 0.739. The summed E-state index contributed by atoms with van der Waals surface area (Å²) in [5.41, 5.74) is 3.88. The lowest BCUT2D eigenvalue weighted by Crippen LogP contribution is -2.43. The molecule has 1 fully saturated rings. The molecule has 0 N–H and O–H groups in total. The van der Waals surface area contributed by atoms with Gasteiger partial charge in [-0.2, -0.15) is 5.10 Å². The number of hydrogen-bond donors (Lipinski definition) is 0. The second kappa shape index (κ2) is 18.5. The highest BCUT2D eigenvalue weighted by Crippen LogP contribution is 2.33. The van der Waals surface area contributed by atoms with Gasteiger partial charge in [-0.25, -0.2) is 24.1 Å². The predicted molar refractivity (Wildman–Crippen MR) is 197 cm³/mol. The number of benzene rings is 2. The van der Waals surface area contributed by atoms with Crippen molar-refractivity contribution in [2.24, 2.45) is 13.0 Å². The van der Waals surface area contributed by atoms with Crippen LogP contribution in [0, 0.1) is 5.92 Å². The molecule has 262 valence electrons. The quantitative estimate of drug-likeness (QED) is 0.0654. The molecule has 0 radical (unpaired) electrons. The van der Waals surface area contributed by atoms with Crippen molar-refractivity contribution < 1.29 is 14.3 Å². The fourth-order valence-electron chi connectivity index (χ4n) is 6.64. The van der Waals surface area contributed by atoms with E-state index >= 15 is 4.79 Å². The minimum Gasteiger partial charge on any atom is -0.404 e. The Morgan fingerprint density at radius 1 is 0.816 bits per heavy atom. The van der Waals surface area contributed by atoms with E-state index in [1.807, 2.05) is 52.3 Å². The van der Waals surface area contributed by atoms with Gasteiger partial charge in [0, 0.05) is 37.6 Å². The number of nitrogens with zero attached hydrogens (tertiary/aromatic N) is 5. The molecule has 1 amide bonds. The molecule has 8 heteroatoms. The van der Waals surface area contributed by atoms with E-state index in [1.54, 1.807) is 25.5 Å². The number of imidazole rings is 1. The summed E-state index contributed by atoms with van der Waals surface area (Å²) >= 11 is 0. The van der Waals surface area contributed by atoms with Crippen LogP contribution in [-0.2, 0) is 19.9 Å². The summed E-state index contributed by atoms with van der Waals surface area (Å²) < 4.78 is 9.31. The number of amides is 1. The SMILES string of the molecule is CCCCCCCCc1ccc(C(=O)Oc2ccnn2C)c(C(=O)N(CC2CC2)n2ccnc2-c2ccccc2)c1CCCCCCCC. The monoisotopic (exact) mass is 665 g/mol. The second-order valence-electron chi connectivity index (χ2n) is 13.6. The zero-order chi connectivity index (χ0) is 34.4. The number of carbonyl (C=O) groups is 2. The smallest absolute Gasteiger partial charge is 0.345 e. The van der Waals surface area contributed by atoms with Crippen molar-refractivity contribution in [2.75, 3.05) is 11.6 Å². The summed E-state index contributed by atoms with van der Waals surface area (Å²) in [6.45, 7) is 5.04. The van der Waals surface area contributed by atoms with E-state index < -0.39 is 5.97 Å². The molecule has 8 nitrogen and oxygen atoms in total. The number of aromatic nitrogens is 4. The van der Waals surface area contributed by atoms with Crippen LogP contribution in [0.3, 0.4) is 0 Å². The summed E-state index contributed by atoms with van der Waals surface area (Å²) in [4.78, 5) is 34.0. The maximum absolute atomic E-state index is 15.2. The van der Waals surface area contributed by atoms with Gasteiger partial charge < -0.3 is 4.74 Å². The van der Waals surface area contributed by atoms with Gasteiger partial charge in [0.05, 0.1) is 17.3 Å². The zero-order valence-corrected chi connectivity index (χ0v) is 29.9. The summed E-state index contributed by atoms with van der Waals surface area (Å²) in [5, 5.41) is 6.00. The van der Waals surface area contributed by atoms with Gasteiger partial charge >= 0.3 is 5.97 Å². The minimum absolute atomic E-state index is 0.176. The third-order valence-electron chi connectivity index (χ3n) is 9.67. The van der Waals surface area contributed by atoms with Gasteiger partial charge in [0.2, 0.25) is 5.88 Å². The Kier molecular flexibility index (Phi) is 13.6. The Bertz CT molecular complexity index is 1620. The van der Waals surface area contributed by atoms with Crippen LogP contribution in [0.1, 0.15) is 136 Å². The van der Waals surface area contributed by atoms with E-state index in [9.17, 15) is 4.79 Å². The van der Waals surface area contributed by atoms with Gasteiger partial charge in [0.1, 0.15) is 0 Å². The molecule has 5 rings (SSSR count). The lowest BCUT2D eigenvalue weighted by atomic mass is 9.88. The van der Waals surface area contributed by atoms with Crippen LogP contribution in [0.5, 0.6) is 5.88 Å². The Balaban J connectivity index is 1.56. The van der Waals surface area contributed by atoms with Crippen molar-refractivity contribution >= 4 is 11.9 Å². The van der Waals surface area contributed by atoms with E-state index in [4.69, 9.17) is 9.72 Å². The van der Waals surface area contributed by atoms with Crippen LogP contribution in [0.2, 0.25) is 0 Å². The fourth-order valence-corrected chi connectivity index (χ4v) is 6.64. The zero-order valence-electron chi connectivity index (χ0n) is 29.9. The van der Waals surface area contributed by atoms with Crippen molar-refractivity contribution in [2.45, 2.75) is 117 Å². The van der Waals surface area contributed by atoms with Gasteiger partial charge in [-0.3, -0.25) is 4.79 Å². The first kappa shape index (κ1) is 36.1. The molecule has 0 unspecified atom stereocenters. The Hall–Kier alpha value is -4.20. The highest BCUT2D eigenvalue weighted by atomic mass is 16.5. The van der Waals surface area contributed by atoms with Crippen LogP contribution in [0.4, 0.5) is 0 Å². The van der Waals surface area contributed by atoms with E-state index in [-0.39, 0.29) is 5.91 Å². The van der Waals surface area contributed by atoms with Crippen molar-refractivity contribution in [3.8, 4) is 17.3 Å². The first-order valence-electron chi connectivity index (χ1n) is 18.8. The van der Waals surface area contributed by atoms with Crippen LogP contribution >= 0.6 is 0 Å². The van der Waals surface area contributed by atoms with Crippen LogP contribution in [-0.4, -0.2) is 37.9 Å². The maximum Gasteiger partial charge on any atom is 0.345 e. The lowest BCUT2D eigenvalue weighted by Gasteiger charge is -2.28. The third-order valence-corrected chi connectivity index (χ3v) is 9.67. The molecule has 0 spiro atoms. The molecule has 0 atom stereocenters. The topological polar surface area (TPSA) is 82.2 Å². The number of rotatable bonds is 21. The Morgan fingerprint density at radius 3 is 2.14 bits per heavy atom. The average molecular weight is 666 g/mol. The second-order valence-corrected chi connectivity index (χ2v) is 13.6. The van der Waals surface area contributed by atoms with Crippen molar-refractivity contribution in [1.82, 2.24) is 19.4 Å². The predicted octanol–water partition coefficient (Wildman–Crippen LogP) is 9.50. The van der Waals surface area contributed by atoms with Gasteiger partial charge in [-0.05, 0) is 61.6 Å². The minimum atomic E-state index is -0.539. The van der Waals surface area contributed by atoms with E-state index in [0.717, 1.165) is 62.5 Å². The molecule has 1 saturated carbocycles. The van der Waals surface area contributed by atoms with Crippen LogP contribution < -0.4 is 9.75 Å². The molecule has 2 aromatic heterocycles. The number of ether oxygens (including phenoxy) is 1. The Morgan fingerprint density at radius 2 is 1.49 bits per heavy atom. The number of esters is 1. The molecule has 0 aliphatic heterocycles. The molecule has 1 aliphatic rings. The lowest BCUT2D eigenvalue weighted by molar-refractivity contribution is 0.0714. The molecule has 0 saturated heterocycles. The van der Waals surface area contributed by atoms with Crippen molar-refractivity contribution in [3.05, 3.63) is 89.4 Å². The largest absolute Gasteiger partial charge is 0.404 e. The maximum atomic E-state index is 15.2. The molecule has 49 heavy (non-hydrogen) atoms. The number of carbonyl (C=O) groups excluding carboxylic acids is 2. The molecular formula is C41H55N5O3. The average Bonchev–Trinajstić information content (AvgIpc) is 3.65. The van der Waals surface area contributed by atoms with Gasteiger partial charge in [0.15, 0.2) is 5.82 Å². The molecule has 2 heterocycles. The molecule has 1 aliphatic carbocycles. The number of hydrogen-bond acceptors (Lipinski definition) is 5. The number of unbranched alkanes of at least 4 members (excludes halogenated alkanes) is 10.